The first-order valence-electron chi connectivity index (χ1n) is 6.89. The van der Waals surface area contributed by atoms with Gasteiger partial charge in [0.15, 0.2) is 0 Å². The summed E-state index contributed by atoms with van der Waals surface area (Å²) in [6.45, 7) is 6.41. The van der Waals surface area contributed by atoms with Crippen molar-refractivity contribution in [3.8, 4) is 0 Å². The van der Waals surface area contributed by atoms with Gasteiger partial charge in [0.05, 0.1) is 5.56 Å². The highest BCUT2D eigenvalue weighted by Crippen LogP contribution is 2.22. The third kappa shape index (κ3) is 4.26. The van der Waals surface area contributed by atoms with Crippen molar-refractivity contribution in [1.82, 2.24) is 15.3 Å². The van der Waals surface area contributed by atoms with Crippen molar-refractivity contribution in [2.24, 2.45) is 0 Å². The van der Waals surface area contributed by atoms with Gasteiger partial charge >= 0.3 is 0 Å². The molecule has 2 N–H and O–H groups in total. The fraction of sp³-hybridized carbons (Fsp3) is 0.400. The van der Waals surface area contributed by atoms with Crippen LogP contribution in [-0.2, 0) is 6.42 Å². The van der Waals surface area contributed by atoms with E-state index in [0.717, 1.165) is 0 Å². The summed E-state index contributed by atoms with van der Waals surface area (Å²) in [6.07, 6.45) is 0.539. The van der Waals surface area contributed by atoms with Crippen molar-refractivity contribution in [2.75, 3.05) is 6.54 Å². The molecule has 0 bridgehead atoms. The molecule has 2 rings (SSSR count). The van der Waals surface area contributed by atoms with E-state index in [1.165, 1.54) is 10.9 Å². The van der Waals surface area contributed by atoms with Crippen molar-refractivity contribution in [1.29, 1.82) is 0 Å². The monoisotopic (exact) mass is 305 g/mol. The summed E-state index contributed by atoms with van der Waals surface area (Å²) in [5, 5.41) is 4.73. The Bertz CT molecular complexity index is 688. The van der Waals surface area contributed by atoms with Crippen LogP contribution in [0.3, 0.4) is 0 Å². The number of aromatic amines is 1. The highest BCUT2D eigenvalue weighted by Gasteiger charge is 2.10. The van der Waals surface area contributed by atoms with Crippen LogP contribution in [0.4, 0.5) is 0 Å². The van der Waals surface area contributed by atoms with Crippen LogP contribution in [0, 0.1) is 6.92 Å². The van der Waals surface area contributed by atoms with Crippen LogP contribution in [0.15, 0.2) is 22.3 Å². The lowest BCUT2D eigenvalue weighted by Crippen LogP contribution is -2.26. The number of carbonyl (C=O) groups is 1. The molecular weight excluding hydrogens is 286 g/mol. The molecule has 0 aliphatic rings. The van der Waals surface area contributed by atoms with Gasteiger partial charge in [0.25, 0.3) is 11.5 Å². The van der Waals surface area contributed by atoms with Gasteiger partial charge in [0.1, 0.15) is 5.82 Å². The molecule has 0 aliphatic heterocycles. The number of amides is 1. The Labute approximate surface area is 127 Å². The molecule has 2 aromatic heterocycles. The Kier molecular flexibility index (Phi) is 4.90. The third-order valence-corrected chi connectivity index (χ3v) is 4.26. The van der Waals surface area contributed by atoms with Gasteiger partial charge in [0, 0.05) is 35.0 Å². The molecule has 0 atom stereocenters. The number of aromatic nitrogens is 2. The van der Waals surface area contributed by atoms with Gasteiger partial charge in [-0.3, -0.25) is 9.59 Å². The normalized spacial score (nSPS) is 10.9. The first kappa shape index (κ1) is 15.4. The zero-order valence-corrected chi connectivity index (χ0v) is 13.2. The lowest BCUT2D eigenvalue weighted by atomic mass is 10.1. The molecule has 5 nitrogen and oxygen atoms in total. The summed E-state index contributed by atoms with van der Waals surface area (Å²) in [4.78, 5) is 31.3. The highest BCUT2D eigenvalue weighted by molar-refractivity contribution is 7.10. The van der Waals surface area contributed by atoms with E-state index in [1.54, 1.807) is 18.3 Å². The smallest absolute Gasteiger partial charge is 0.252 e. The van der Waals surface area contributed by atoms with Crippen LogP contribution in [0.1, 0.15) is 46.5 Å². The molecule has 0 aliphatic carbocycles. The second-order valence-corrected chi connectivity index (χ2v) is 6.16. The van der Waals surface area contributed by atoms with Gasteiger partial charge in [-0.05, 0) is 18.9 Å². The lowest BCUT2D eigenvalue weighted by Gasteiger charge is -2.04. The van der Waals surface area contributed by atoms with Crippen LogP contribution >= 0.6 is 11.3 Å². The Morgan fingerprint density at radius 3 is 2.81 bits per heavy atom. The first-order valence-corrected chi connectivity index (χ1v) is 7.77. The van der Waals surface area contributed by atoms with Crippen molar-refractivity contribution >= 4 is 17.2 Å². The fourth-order valence-corrected chi connectivity index (χ4v) is 2.86. The molecule has 112 valence electrons. The summed E-state index contributed by atoms with van der Waals surface area (Å²) < 4.78 is 0. The maximum absolute atomic E-state index is 12.0. The number of H-pyrrole nitrogens is 1. The fourth-order valence-electron chi connectivity index (χ4n) is 1.95. The van der Waals surface area contributed by atoms with E-state index in [4.69, 9.17) is 0 Å². The van der Waals surface area contributed by atoms with Crippen LogP contribution < -0.4 is 10.9 Å². The number of rotatable bonds is 5. The SMILES string of the molecule is Cc1nc(CCNC(=O)c2csc(C(C)C)c2)cc(=O)[nH]1. The zero-order chi connectivity index (χ0) is 15.4. The maximum Gasteiger partial charge on any atom is 0.252 e. The van der Waals surface area contributed by atoms with E-state index >= 15 is 0 Å². The Hall–Kier alpha value is -1.95. The second kappa shape index (κ2) is 6.67. The van der Waals surface area contributed by atoms with Gasteiger partial charge in [0.2, 0.25) is 0 Å². The molecule has 0 aromatic carbocycles. The lowest BCUT2D eigenvalue weighted by molar-refractivity contribution is 0.0954. The summed E-state index contributed by atoms with van der Waals surface area (Å²) in [5.74, 6) is 0.933. The Morgan fingerprint density at radius 2 is 2.19 bits per heavy atom. The van der Waals surface area contributed by atoms with E-state index in [2.05, 4.69) is 29.1 Å². The standard InChI is InChI=1S/C15H19N3O2S/c1-9(2)13-6-11(8-21-13)15(20)16-5-4-12-7-14(19)18-10(3)17-12/h6-9H,4-5H2,1-3H3,(H,16,20)(H,17,18,19). The summed E-state index contributed by atoms with van der Waals surface area (Å²) in [5.41, 5.74) is 1.21. The minimum absolute atomic E-state index is 0.0836. The van der Waals surface area contributed by atoms with Crippen LogP contribution in [0.25, 0.3) is 0 Å². The summed E-state index contributed by atoms with van der Waals surface area (Å²) in [7, 11) is 0. The first-order chi connectivity index (χ1) is 9.95. The largest absolute Gasteiger partial charge is 0.352 e. The maximum atomic E-state index is 12.0. The van der Waals surface area contributed by atoms with E-state index in [-0.39, 0.29) is 11.5 Å². The van der Waals surface area contributed by atoms with Gasteiger partial charge < -0.3 is 10.3 Å². The van der Waals surface area contributed by atoms with Gasteiger partial charge in [-0.25, -0.2) is 4.98 Å². The molecular formula is C15H19N3O2S. The Morgan fingerprint density at radius 1 is 1.43 bits per heavy atom. The highest BCUT2D eigenvalue weighted by atomic mass is 32.1. The van der Waals surface area contributed by atoms with Crippen LogP contribution in [-0.4, -0.2) is 22.4 Å². The van der Waals surface area contributed by atoms with E-state index in [1.807, 2.05) is 11.4 Å². The molecule has 1 amide bonds. The summed E-state index contributed by atoms with van der Waals surface area (Å²) in [6, 6.07) is 3.39. The average molecular weight is 305 g/mol. The minimum Gasteiger partial charge on any atom is -0.352 e. The number of nitrogens with one attached hydrogen (secondary N) is 2. The molecule has 2 aromatic rings. The molecule has 0 spiro atoms. The molecule has 0 saturated heterocycles. The predicted octanol–water partition coefficient (Wildman–Crippen LogP) is 2.24. The number of hydrogen-bond acceptors (Lipinski definition) is 4. The van der Waals surface area contributed by atoms with Crippen molar-refractivity contribution < 1.29 is 4.79 Å². The zero-order valence-electron chi connectivity index (χ0n) is 12.4. The van der Waals surface area contributed by atoms with Crippen molar-refractivity contribution in [3.05, 3.63) is 49.8 Å². The van der Waals surface area contributed by atoms with Gasteiger partial charge in [-0.2, -0.15) is 0 Å². The number of nitrogens with zero attached hydrogens (tertiary/aromatic N) is 1. The molecule has 0 unspecified atom stereocenters. The van der Waals surface area contributed by atoms with Gasteiger partial charge in [-0.15, -0.1) is 11.3 Å². The topological polar surface area (TPSA) is 74.8 Å². The van der Waals surface area contributed by atoms with E-state index in [9.17, 15) is 9.59 Å². The molecule has 2 heterocycles. The quantitative estimate of drug-likeness (QED) is 0.889. The minimum atomic E-state index is -0.164. The Balaban J connectivity index is 1.90. The van der Waals surface area contributed by atoms with Crippen LogP contribution in [0.5, 0.6) is 0 Å². The summed E-state index contributed by atoms with van der Waals surface area (Å²) >= 11 is 1.60. The average Bonchev–Trinajstić information content (AvgIpc) is 2.87. The third-order valence-electron chi connectivity index (χ3n) is 3.03. The van der Waals surface area contributed by atoms with Gasteiger partial charge in [-0.1, -0.05) is 13.8 Å². The van der Waals surface area contributed by atoms with Crippen molar-refractivity contribution in [3.63, 3.8) is 0 Å². The van der Waals surface area contributed by atoms with E-state index in [0.29, 0.717) is 36.0 Å². The molecule has 0 radical (unpaired) electrons. The number of hydrogen-bond donors (Lipinski definition) is 2. The predicted molar refractivity (Wildman–Crippen MR) is 84.0 cm³/mol. The van der Waals surface area contributed by atoms with Crippen molar-refractivity contribution in [2.45, 2.75) is 33.1 Å². The number of aryl methyl sites for hydroxylation is 1. The molecule has 21 heavy (non-hydrogen) atoms. The molecule has 0 saturated carbocycles. The second-order valence-electron chi connectivity index (χ2n) is 5.22. The number of thiophene rings is 1. The van der Waals surface area contributed by atoms with E-state index < -0.39 is 0 Å². The van der Waals surface area contributed by atoms with Crippen LogP contribution in [0.2, 0.25) is 0 Å². The molecule has 0 fully saturated rings. The molecule has 6 heteroatoms. The number of carbonyl (C=O) groups excluding carboxylic acids is 1.